The summed E-state index contributed by atoms with van der Waals surface area (Å²) in [5.41, 5.74) is 2.87. The minimum Gasteiger partial charge on any atom is -0.478 e. The highest BCUT2D eigenvalue weighted by atomic mass is 16.4. The van der Waals surface area contributed by atoms with Crippen LogP contribution in [0.15, 0.2) is 54.6 Å². The summed E-state index contributed by atoms with van der Waals surface area (Å²) in [6.07, 6.45) is 0. The highest BCUT2D eigenvalue weighted by Gasteiger charge is 2.29. The Hall–Kier alpha value is -2.17. The highest BCUT2D eigenvalue weighted by molar-refractivity contribution is 5.87. The molecule has 1 fully saturated rings. The van der Waals surface area contributed by atoms with Crippen LogP contribution in [0.5, 0.6) is 0 Å². The van der Waals surface area contributed by atoms with Gasteiger partial charge in [0.15, 0.2) is 0 Å². The Morgan fingerprint density at radius 1 is 0.920 bits per heavy atom. The fourth-order valence-corrected chi connectivity index (χ4v) is 3.71. The number of carbonyl (C=O) groups is 1. The molecule has 132 valence electrons. The van der Waals surface area contributed by atoms with E-state index in [2.05, 4.69) is 54.0 Å². The van der Waals surface area contributed by atoms with Gasteiger partial charge in [-0.2, -0.15) is 0 Å². The molecule has 0 amide bonds. The van der Waals surface area contributed by atoms with E-state index in [4.69, 9.17) is 5.11 Å². The SMILES string of the molecule is C[C@@H]1CN(Cc2ccc(C(=O)O)cc2)C[C@@H](C)N1Cc1ccccc1. The van der Waals surface area contributed by atoms with Crippen LogP contribution in [0.4, 0.5) is 0 Å². The van der Waals surface area contributed by atoms with Gasteiger partial charge in [-0.3, -0.25) is 9.80 Å². The van der Waals surface area contributed by atoms with Gasteiger partial charge in [-0.1, -0.05) is 42.5 Å². The van der Waals surface area contributed by atoms with Gasteiger partial charge >= 0.3 is 5.97 Å². The second-order valence-corrected chi connectivity index (χ2v) is 7.05. The zero-order chi connectivity index (χ0) is 17.8. The largest absolute Gasteiger partial charge is 0.478 e. The number of aromatic carboxylic acids is 1. The van der Waals surface area contributed by atoms with E-state index >= 15 is 0 Å². The smallest absolute Gasteiger partial charge is 0.335 e. The molecule has 0 spiro atoms. The fourth-order valence-electron chi connectivity index (χ4n) is 3.71. The van der Waals surface area contributed by atoms with Crippen LogP contribution in [-0.2, 0) is 13.1 Å². The maximum atomic E-state index is 11.0. The van der Waals surface area contributed by atoms with Crippen molar-refractivity contribution >= 4 is 5.97 Å². The zero-order valence-electron chi connectivity index (χ0n) is 14.9. The first-order chi connectivity index (χ1) is 12.0. The van der Waals surface area contributed by atoms with Gasteiger partial charge in [0.05, 0.1) is 5.56 Å². The predicted octanol–water partition coefficient (Wildman–Crippen LogP) is 3.48. The van der Waals surface area contributed by atoms with E-state index in [0.717, 1.165) is 26.2 Å². The molecule has 1 N–H and O–H groups in total. The predicted molar refractivity (Wildman–Crippen MR) is 99.6 cm³/mol. The van der Waals surface area contributed by atoms with Crippen molar-refractivity contribution in [1.29, 1.82) is 0 Å². The molecule has 0 radical (unpaired) electrons. The quantitative estimate of drug-likeness (QED) is 0.906. The van der Waals surface area contributed by atoms with Gasteiger partial charge in [-0.05, 0) is 37.1 Å². The zero-order valence-corrected chi connectivity index (χ0v) is 14.9. The number of piperazine rings is 1. The first-order valence-corrected chi connectivity index (χ1v) is 8.87. The lowest BCUT2D eigenvalue weighted by atomic mass is 10.0. The van der Waals surface area contributed by atoms with Crippen LogP contribution in [0.3, 0.4) is 0 Å². The van der Waals surface area contributed by atoms with Crippen molar-refractivity contribution in [3.05, 3.63) is 71.3 Å². The average molecular weight is 338 g/mol. The third kappa shape index (κ3) is 4.47. The Kier molecular flexibility index (Phi) is 5.51. The summed E-state index contributed by atoms with van der Waals surface area (Å²) in [6, 6.07) is 18.8. The van der Waals surface area contributed by atoms with Gasteiger partial charge in [-0.25, -0.2) is 4.79 Å². The first kappa shape index (κ1) is 17.6. The fraction of sp³-hybridized carbons (Fsp3) is 0.381. The maximum absolute atomic E-state index is 11.0. The minimum atomic E-state index is -0.872. The number of carboxylic acids is 1. The molecule has 2 atom stereocenters. The molecule has 4 heteroatoms. The average Bonchev–Trinajstić information content (AvgIpc) is 2.59. The lowest BCUT2D eigenvalue weighted by Crippen LogP contribution is -2.55. The summed E-state index contributed by atoms with van der Waals surface area (Å²) in [7, 11) is 0. The van der Waals surface area contributed by atoms with Crippen molar-refractivity contribution in [1.82, 2.24) is 9.80 Å². The van der Waals surface area contributed by atoms with Gasteiger partial charge in [0.1, 0.15) is 0 Å². The third-order valence-corrected chi connectivity index (χ3v) is 4.99. The number of hydrogen-bond donors (Lipinski definition) is 1. The Morgan fingerprint density at radius 2 is 1.48 bits per heavy atom. The van der Waals surface area contributed by atoms with Gasteiger partial charge in [0, 0.05) is 38.3 Å². The molecular weight excluding hydrogens is 312 g/mol. The van der Waals surface area contributed by atoms with Gasteiger partial charge in [-0.15, -0.1) is 0 Å². The molecule has 0 unspecified atom stereocenters. The molecule has 0 bridgehead atoms. The summed E-state index contributed by atoms with van der Waals surface area (Å²) in [5.74, 6) is -0.872. The molecule has 1 heterocycles. The highest BCUT2D eigenvalue weighted by Crippen LogP contribution is 2.20. The van der Waals surface area contributed by atoms with Crippen LogP contribution in [0.25, 0.3) is 0 Å². The Labute approximate surface area is 149 Å². The van der Waals surface area contributed by atoms with E-state index in [-0.39, 0.29) is 0 Å². The van der Waals surface area contributed by atoms with Crippen molar-refractivity contribution in [3.63, 3.8) is 0 Å². The summed E-state index contributed by atoms with van der Waals surface area (Å²) in [6.45, 7) is 8.49. The molecule has 4 nitrogen and oxygen atoms in total. The summed E-state index contributed by atoms with van der Waals surface area (Å²) < 4.78 is 0. The Morgan fingerprint density at radius 3 is 2.04 bits per heavy atom. The maximum Gasteiger partial charge on any atom is 0.335 e. The van der Waals surface area contributed by atoms with E-state index in [1.165, 1.54) is 11.1 Å². The molecule has 2 aromatic carbocycles. The standard InChI is InChI=1S/C21H26N2O2/c1-16-12-22(14-19-8-10-20(11-9-19)21(24)25)13-17(2)23(16)15-18-6-4-3-5-7-18/h3-11,16-17H,12-15H2,1-2H3,(H,24,25)/t16-,17-/m1/s1. The van der Waals surface area contributed by atoms with E-state index in [1.807, 2.05) is 12.1 Å². The normalized spacial score (nSPS) is 22.0. The van der Waals surface area contributed by atoms with Crippen molar-refractivity contribution in [2.75, 3.05) is 13.1 Å². The molecule has 1 aliphatic rings. The minimum absolute atomic E-state index is 0.346. The number of benzene rings is 2. The molecular formula is C21H26N2O2. The van der Waals surface area contributed by atoms with E-state index in [0.29, 0.717) is 17.6 Å². The summed E-state index contributed by atoms with van der Waals surface area (Å²) in [5, 5.41) is 9.00. The van der Waals surface area contributed by atoms with Crippen LogP contribution in [-0.4, -0.2) is 46.0 Å². The van der Waals surface area contributed by atoms with Gasteiger partial charge in [0.2, 0.25) is 0 Å². The van der Waals surface area contributed by atoms with Crippen LogP contribution in [0, 0.1) is 0 Å². The lowest BCUT2D eigenvalue weighted by Gasteiger charge is -2.44. The van der Waals surface area contributed by atoms with Crippen molar-refractivity contribution in [2.24, 2.45) is 0 Å². The molecule has 0 saturated carbocycles. The van der Waals surface area contributed by atoms with Crippen LogP contribution >= 0.6 is 0 Å². The molecule has 0 aliphatic carbocycles. The second-order valence-electron chi connectivity index (χ2n) is 7.05. The van der Waals surface area contributed by atoms with Crippen molar-refractivity contribution in [2.45, 2.75) is 39.0 Å². The summed E-state index contributed by atoms with van der Waals surface area (Å²) >= 11 is 0. The van der Waals surface area contributed by atoms with Crippen molar-refractivity contribution in [3.8, 4) is 0 Å². The third-order valence-electron chi connectivity index (χ3n) is 4.99. The summed E-state index contributed by atoms with van der Waals surface area (Å²) in [4.78, 5) is 16.0. The number of rotatable bonds is 5. The van der Waals surface area contributed by atoms with Gasteiger partial charge < -0.3 is 5.11 Å². The number of nitrogens with zero attached hydrogens (tertiary/aromatic N) is 2. The van der Waals surface area contributed by atoms with Crippen LogP contribution in [0.2, 0.25) is 0 Å². The second kappa shape index (κ2) is 7.81. The molecule has 0 aromatic heterocycles. The number of carboxylic acid groups (broad SMARTS) is 1. The monoisotopic (exact) mass is 338 g/mol. The van der Waals surface area contributed by atoms with Crippen LogP contribution < -0.4 is 0 Å². The van der Waals surface area contributed by atoms with Crippen LogP contribution in [0.1, 0.15) is 35.3 Å². The molecule has 1 aliphatic heterocycles. The number of hydrogen-bond acceptors (Lipinski definition) is 3. The van der Waals surface area contributed by atoms with E-state index < -0.39 is 5.97 Å². The molecule has 2 aromatic rings. The van der Waals surface area contributed by atoms with E-state index in [1.54, 1.807) is 12.1 Å². The Balaban J connectivity index is 1.60. The van der Waals surface area contributed by atoms with Gasteiger partial charge in [0.25, 0.3) is 0 Å². The topological polar surface area (TPSA) is 43.8 Å². The lowest BCUT2D eigenvalue weighted by molar-refractivity contribution is 0.0290. The Bertz CT molecular complexity index is 688. The molecule has 3 rings (SSSR count). The first-order valence-electron chi connectivity index (χ1n) is 8.87. The molecule has 1 saturated heterocycles. The molecule has 25 heavy (non-hydrogen) atoms. The van der Waals surface area contributed by atoms with E-state index in [9.17, 15) is 4.79 Å². The van der Waals surface area contributed by atoms with Crippen molar-refractivity contribution < 1.29 is 9.90 Å².